The summed E-state index contributed by atoms with van der Waals surface area (Å²) in [6.07, 6.45) is 0. The van der Waals surface area contributed by atoms with Gasteiger partial charge in [-0.1, -0.05) is 91.0 Å². The van der Waals surface area contributed by atoms with E-state index < -0.39 is 0 Å². The molecule has 7 aromatic carbocycles. The molecule has 5 nitrogen and oxygen atoms in total. The van der Waals surface area contributed by atoms with Crippen molar-refractivity contribution in [3.8, 4) is 39.9 Å². The predicted octanol–water partition coefficient (Wildman–Crippen LogP) is 12.2. The Morgan fingerprint density at radius 2 is 0.980 bits per heavy atom. The number of benzene rings is 7. The second kappa shape index (κ2) is 10.9. The lowest BCUT2D eigenvalue weighted by atomic mass is 10.1. The van der Waals surface area contributed by atoms with Gasteiger partial charge in [0.15, 0.2) is 17.5 Å². The number of hydrogen-bond donors (Lipinski definition) is 0. The highest BCUT2D eigenvalue weighted by Crippen LogP contribution is 2.39. The van der Waals surface area contributed by atoms with E-state index in [1.165, 1.54) is 30.9 Å². The third kappa shape index (κ3) is 4.37. The van der Waals surface area contributed by atoms with Crippen molar-refractivity contribution >= 4 is 75.3 Å². The van der Waals surface area contributed by atoms with Crippen molar-refractivity contribution in [3.63, 3.8) is 0 Å². The van der Waals surface area contributed by atoms with Gasteiger partial charge in [0, 0.05) is 58.4 Å². The Balaban J connectivity index is 1.17. The highest BCUT2D eigenvalue weighted by Gasteiger charge is 2.20. The lowest BCUT2D eigenvalue weighted by Gasteiger charge is -2.14. The topological polar surface area (TPSA) is 56.7 Å². The molecule has 0 saturated carbocycles. The molecule has 0 unspecified atom stereocenters. The Morgan fingerprint density at radius 1 is 0.412 bits per heavy atom. The van der Waals surface area contributed by atoms with Crippen LogP contribution < -0.4 is 0 Å². The van der Waals surface area contributed by atoms with Crippen molar-refractivity contribution in [2.75, 3.05) is 0 Å². The predicted molar refractivity (Wildman–Crippen MR) is 211 cm³/mol. The summed E-state index contributed by atoms with van der Waals surface area (Å²) in [6, 6.07) is 55.0. The molecule has 4 aromatic heterocycles. The van der Waals surface area contributed by atoms with Gasteiger partial charge in [0.25, 0.3) is 0 Å². The number of fused-ring (bicyclic) bond motifs is 9. The van der Waals surface area contributed by atoms with Crippen molar-refractivity contribution in [1.29, 1.82) is 0 Å². The van der Waals surface area contributed by atoms with Crippen molar-refractivity contribution in [1.82, 2.24) is 19.5 Å². The summed E-state index contributed by atoms with van der Waals surface area (Å²) in [5.41, 5.74) is 7.65. The maximum Gasteiger partial charge on any atom is 0.166 e. The van der Waals surface area contributed by atoms with E-state index in [4.69, 9.17) is 19.4 Å². The Hall–Kier alpha value is -6.63. The largest absolute Gasteiger partial charge is 0.456 e. The Morgan fingerprint density at radius 3 is 1.78 bits per heavy atom. The van der Waals surface area contributed by atoms with E-state index in [0.29, 0.717) is 17.5 Å². The van der Waals surface area contributed by atoms with Crippen molar-refractivity contribution < 1.29 is 4.42 Å². The smallest absolute Gasteiger partial charge is 0.166 e. The first kappa shape index (κ1) is 28.2. The first-order valence-corrected chi connectivity index (χ1v) is 17.8. The second-order valence-electron chi connectivity index (χ2n) is 12.8. The Bertz CT molecular complexity index is 3120. The molecule has 11 aromatic rings. The van der Waals surface area contributed by atoms with Gasteiger partial charge in [0.05, 0.1) is 16.7 Å². The lowest BCUT2D eigenvalue weighted by Crippen LogP contribution is -2.03. The average Bonchev–Trinajstić information content (AvgIpc) is 3.86. The summed E-state index contributed by atoms with van der Waals surface area (Å²) in [6.45, 7) is 0. The Kier molecular flexibility index (Phi) is 6.05. The van der Waals surface area contributed by atoms with Crippen LogP contribution in [0.4, 0.5) is 0 Å². The average molecular weight is 671 g/mol. The molecule has 238 valence electrons. The molecular formula is C45H26N4OS. The zero-order chi connectivity index (χ0) is 33.5. The van der Waals surface area contributed by atoms with E-state index in [2.05, 4.69) is 138 Å². The van der Waals surface area contributed by atoms with Gasteiger partial charge in [-0.2, -0.15) is 0 Å². The van der Waals surface area contributed by atoms with Crippen molar-refractivity contribution in [2.45, 2.75) is 0 Å². The van der Waals surface area contributed by atoms with Crippen molar-refractivity contribution in [2.24, 2.45) is 0 Å². The number of furan rings is 1. The number of rotatable bonds is 4. The molecule has 0 aliphatic carbocycles. The van der Waals surface area contributed by atoms with Crippen LogP contribution in [-0.2, 0) is 0 Å². The molecule has 51 heavy (non-hydrogen) atoms. The highest BCUT2D eigenvalue weighted by molar-refractivity contribution is 7.25. The molecule has 0 N–H and O–H groups in total. The van der Waals surface area contributed by atoms with E-state index >= 15 is 0 Å². The SMILES string of the molecule is c1ccc(-n2c3ccccc3c3ccccc32)c(-c2nc(-c3ccc4c(c3)oc3ccccc34)nc(-c3ccc4sc5ccccc5c4c3)n2)c1. The monoisotopic (exact) mass is 670 g/mol. The normalized spacial score (nSPS) is 11.9. The second-order valence-corrected chi connectivity index (χ2v) is 13.9. The van der Waals surface area contributed by atoms with Crippen LogP contribution in [0.1, 0.15) is 0 Å². The molecule has 4 heterocycles. The summed E-state index contributed by atoms with van der Waals surface area (Å²) in [7, 11) is 0. The zero-order valence-corrected chi connectivity index (χ0v) is 27.9. The van der Waals surface area contributed by atoms with Gasteiger partial charge >= 0.3 is 0 Å². The molecule has 11 rings (SSSR count). The Labute approximate surface area is 295 Å². The van der Waals surface area contributed by atoms with Crippen LogP contribution in [0.25, 0.3) is 104 Å². The number of aromatic nitrogens is 4. The van der Waals surface area contributed by atoms with Crippen LogP contribution >= 0.6 is 11.3 Å². The summed E-state index contributed by atoms with van der Waals surface area (Å²) < 4.78 is 11.1. The standard InChI is InChI=1S/C45H26N4OS/c1-6-16-36-29(11-1)30-12-2-7-17-37(30)49(36)38-18-8-3-15-34(38)45-47-43(27-22-24-42-35(25-27)33-14-5-10-20-41(33)51-42)46-44(48-45)28-21-23-32-31-13-4-9-19-39(31)50-40(32)26-28/h1-26H. The third-order valence-corrected chi connectivity index (χ3v) is 11.0. The summed E-state index contributed by atoms with van der Waals surface area (Å²) in [5.74, 6) is 1.81. The van der Waals surface area contributed by atoms with Crippen LogP contribution in [0, 0.1) is 0 Å². The zero-order valence-electron chi connectivity index (χ0n) is 27.1. The fraction of sp³-hybridized carbons (Fsp3) is 0. The molecule has 0 amide bonds. The first-order valence-electron chi connectivity index (χ1n) is 16.9. The molecule has 6 heteroatoms. The molecule has 0 aliphatic heterocycles. The van der Waals surface area contributed by atoms with Crippen molar-refractivity contribution in [3.05, 3.63) is 158 Å². The van der Waals surface area contributed by atoms with Gasteiger partial charge < -0.3 is 8.98 Å². The fourth-order valence-corrected chi connectivity index (χ4v) is 8.61. The van der Waals surface area contributed by atoms with Gasteiger partial charge in [-0.25, -0.2) is 15.0 Å². The van der Waals surface area contributed by atoms with Gasteiger partial charge in [0.2, 0.25) is 0 Å². The van der Waals surface area contributed by atoms with E-state index in [9.17, 15) is 0 Å². The summed E-state index contributed by atoms with van der Waals surface area (Å²) in [5, 5.41) is 7.00. The highest BCUT2D eigenvalue weighted by atomic mass is 32.1. The first-order chi connectivity index (χ1) is 25.3. The fourth-order valence-electron chi connectivity index (χ4n) is 7.52. The van der Waals surface area contributed by atoms with E-state index in [1.54, 1.807) is 11.3 Å². The molecule has 0 radical (unpaired) electrons. The van der Waals surface area contributed by atoms with Crippen LogP contribution in [0.15, 0.2) is 162 Å². The van der Waals surface area contributed by atoms with Crippen LogP contribution in [0.2, 0.25) is 0 Å². The minimum atomic E-state index is 0.588. The number of para-hydroxylation sites is 4. The third-order valence-electron chi connectivity index (χ3n) is 9.87. The summed E-state index contributed by atoms with van der Waals surface area (Å²) in [4.78, 5) is 15.6. The van der Waals surface area contributed by atoms with E-state index in [0.717, 1.165) is 55.3 Å². The van der Waals surface area contributed by atoms with Gasteiger partial charge in [0.1, 0.15) is 11.2 Å². The van der Waals surface area contributed by atoms with Crippen LogP contribution in [0.5, 0.6) is 0 Å². The maximum atomic E-state index is 6.30. The molecule has 0 fully saturated rings. The summed E-state index contributed by atoms with van der Waals surface area (Å²) >= 11 is 1.80. The van der Waals surface area contributed by atoms with Gasteiger partial charge in [-0.15, -0.1) is 11.3 Å². The van der Waals surface area contributed by atoms with Gasteiger partial charge in [-0.05, 0) is 66.7 Å². The minimum absolute atomic E-state index is 0.588. The number of nitrogens with zero attached hydrogens (tertiary/aromatic N) is 4. The van der Waals surface area contributed by atoms with Gasteiger partial charge in [-0.3, -0.25) is 0 Å². The maximum absolute atomic E-state index is 6.30. The molecule has 0 atom stereocenters. The molecular weight excluding hydrogens is 645 g/mol. The van der Waals surface area contributed by atoms with E-state index in [-0.39, 0.29) is 0 Å². The molecule has 0 spiro atoms. The quantitative estimate of drug-likeness (QED) is 0.187. The number of hydrogen-bond acceptors (Lipinski definition) is 5. The van der Waals surface area contributed by atoms with E-state index in [1.807, 2.05) is 24.3 Å². The lowest BCUT2D eigenvalue weighted by molar-refractivity contribution is 0.669. The molecule has 0 aliphatic rings. The minimum Gasteiger partial charge on any atom is -0.456 e. The van der Waals surface area contributed by atoms with Crippen LogP contribution in [-0.4, -0.2) is 19.5 Å². The molecule has 0 bridgehead atoms. The molecule has 0 saturated heterocycles. The van der Waals surface area contributed by atoms with Crippen LogP contribution in [0.3, 0.4) is 0 Å². The number of thiophene rings is 1.